The SMILES string of the molecule is CC1=C(S(=O)(=O)c2ccccc2)C(=O)C(C)=C(S(=O)(=O)c2ccccc2)C1=O. The molecule has 144 valence electrons. The number of sulfone groups is 2. The summed E-state index contributed by atoms with van der Waals surface area (Å²) in [6.07, 6.45) is 0. The first kappa shape index (κ1) is 19.9. The maximum Gasteiger partial charge on any atom is 0.210 e. The highest BCUT2D eigenvalue weighted by atomic mass is 32.2. The Balaban J connectivity index is 2.21. The fourth-order valence-corrected chi connectivity index (χ4v) is 6.26. The van der Waals surface area contributed by atoms with Crippen molar-refractivity contribution < 1.29 is 26.4 Å². The van der Waals surface area contributed by atoms with Crippen molar-refractivity contribution in [2.75, 3.05) is 0 Å². The molecule has 8 heteroatoms. The smallest absolute Gasteiger partial charge is 0.210 e. The molecule has 1 aliphatic carbocycles. The number of benzene rings is 2. The van der Waals surface area contributed by atoms with Crippen LogP contribution in [0.25, 0.3) is 0 Å². The molecule has 0 unspecified atom stereocenters. The van der Waals surface area contributed by atoms with Crippen molar-refractivity contribution in [1.29, 1.82) is 0 Å². The second-order valence-electron chi connectivity index (χ2n) is 6.20. The maximum atomic E-state index is 12.9. The Morgan fingerprint density at radius 2 is 0.821 bits per heavy atom. The van der Waals surface area contributed by atoms with E-state index >= 15 is 0 Å². The van der Waals surface area contributed by atoms with E-state index in [1.807, 2.05) is 0 Å². The Kier molecular flexibility index (Phi) is 4.95. The minimum Gasteiger partial charge on any atom is -0.288 e. The highest BCUT2D eigenvalue weighted by Gasteiger charge is 2.42. The van der Waals surface area contributed by atoms with Gasteiger partial charge in [0.1, 0.15) is 9.81 Å². The number of ketones is 2. The van der Waals surface area contributed by atoms with E-state index in [2.05, 4.69) is 0 Å². The number of rotatable bonds is 4. The number of allylic oxidation sites excluding steroid dienone is 4. The van der Waals surface area contributed by atoms with Crippen LogP contribution >= 0.6 is 0 Å². The number of carbonyl (C=O) groups is 2. The highest BCUT2D eigenvalue weighted by Crippen LogP contribution is 2.35. The van der Waals surface area contributed by atoms with E-state index in [0.717, 1.165) is 13.8 Å². The summed E-state index contributed by atoms with van der Waals surface area (Å²) >= 11 is 0. The first-order valence-corrected chi connectivity index (χ1v) is 11.2. The summed E-state index contributed by atoms with van der Waals surface area (Å²) in [7, 11) is -8.56. The van der Waals surface area contributed by atoms with Gasteiger partial charge in [0.2, 0.25) is 31.2 Å². The first-order chi connectivity index (χ1) is 13.1. The summed E-state index contributed by atoms with van der Waals surface area (Å²) in [6, 6.07) is 14.4. The molecule has 0 saturated carbocycles. The molecule has 28 heavy (non-hydrogen) atoms. The summed E-state index contributed by atoms with van der Waals surface area (Å²) in [5.74, 6) is -1.98. The van der Waals surface area contributed by atoms with E-state index in [1.54, 1.807) is 12.1 Å². The molecule has 3 rings (SSSR count). The van der Waals surface area contributed by atoms with Gasteiger partial charge in [-0.25, -0.2) is 16.8 Å². The van der Waals surface area contributed by atoms with Crippen molar-refractivity contribution >= 4 is 31.2 Å². The molecular weight excluding hydrogens is 400 g/mol. The highest BCUT2D eigenvalue weighted by molar-refractivity contribution is 7.97. The van der Waals surface area contributed by atoms with Gasteiger partial charge in [0.15, 0.2) is 0 Å². The predicted molar refractivity (Wildman–Crippen MR) is 103 cm³/mol. The van der Waals surface area contributed by atoms with Gasteiger partial charge in [0.05, 0.1) is 9.79 Å². The fourth-order valence-electron chi connectivity index (χ4n) is 2.97. The monoisotopic (exact) mass is 416 g/mol. The average Bonchev–Trinajstić information content (AvgIpc) is 2.68. The average molecular weight is 416 g/mol. The van der Waals surface area contributed by atoms with Crippen molar-refractivity contribution in [3.05, 3.63) is 81.6 Å². The third kappa shape index (κ3) is 3.04. The van der Waals surface area contributed by atoms with Crippen LogP contribution < -0.4 is 0 Å². The zero-order chi connectivity index (χ0) is 20.7. The lowest BCUT2D eigenvalue weighted by Gasteiger charge is -2.20. The molecule has 1 aliphatic rings. The Morgan fingerprint density at radius 3 is 1.11 bits per heavy atom. The minimum atomic E-state index is -4.28. The number of carbonyl (C=O) groups excluding carboxylic acids is 2. The van der Waals surface area contributed by atoms with Gasteiger partial charge in [-0.3, -0.25) is 9.59 Å². The molecular formula is C20H16O6S2. The van der Waals surface area contributed by atoms with Crippen LogP contribution in [0.2, 0.25) is 0 Å². The standard InChI is InChI=1S/C20H16O6S2/c1-13-17(21)20(28(25,26)16-11-7-4-8-12-16)14(2)18(22)19(13)27(23,24)15-9-5-3-6-10-15/h3-12H,1-2H3. The van der Waals surface area contributed by atoms with Crippen molar-refractivity contribution in [2.45, 2.75) is 23.6 Å². The van der Waals surface area contributed by atoms with Crippen LogP contribution in [0.3, 0.4) is 0 Å². The number of hydrogen-bond acceptors (Lipinski definition) is 6. The van der Waals surface area contributed by atoms with Crippen LogP contribution in [0.15, 0.2) is 91.4 Å². The Labute approximate surface area is 163 Å². The summed E-state index contributed by atoms with van der Waals surface area (Å²) < 4.78 is 51.7. The van der Waals surface area contributed by atoms with Gasteiger partial charge < -0.3 is 0 Å². The molecule has 0 aliphatic heterocycles. The molecule has 0 fully saturated rings. The molecule has 0 atom stereocenters. The summed E-state index contributed by atoms with van der Waals surface area (Å²) in [5.41, 5.74) is -0.817. The van der Waals surface area contributed by atoms with E-state index in [4.69, 9.17) is 0 Å². The molecule has 2 aromatic rings. The molecule has 0 bridgehead atoms. The van der Waals surface area contributed by atoms with Crippen LogP contribution in [0.1, 0.15) is 13.8 Å². The zero-order valence-corrected chi connectivity index (χ0v) is 16.7. The van der Waals surface area contributed by atoms with Crippen LogP contribution in [0.5, 0.6) is 0 Å². The third-order valence-corrected chi connectivity index (χ3v) is 8.26. The fraction of sp³-hybridized carbons (Fsp3) is 0.100. The maximum absolute atomic E-state index is 12.9. The van der Waals surface area contributed by atoms with Gasteiger partial charge in [-0.2, -0.15) is 0 Å². The largest absolute Gasteiger partial charge is 0.288 e. The molecule has 0 spiro atoms. The minimum absolute atomic E-state index is 0.146. The van der Waals surface area contributed by atoms with E-state index < -0.39 is 52.2 Å². The first-order valence-electron chi connectivity index (χ1n) is 8.21. The quantitative estimate of drug-likeness (QED) is 0.710. The number of hydrogen-bond donors (Lipinski definition) is 0. The van der Waals surface area contributed by atoms with E-state index in [0.29, 0.717) is 0 Å². The Bertz CT molecular complexity index is 1150. The molecule has 0 radical (unpaired) electrons. The van der Waals surface area contributed by atoms with Gasteiger partial charge in [0, 0.05) is 11.1 Å². The molecule has 6 nitrogen and oxygen atoms in total. The Hall–Kier alpha value is -2.84. The normalized spacial score (nSPS) is 15.9. The summed E-state index contributed by atoms with van der Waals surface area (Å²) in [5, 5.41) is 0. The predicted octanol–water partition coefficient (Wildman–Crippen LogP) is 2.63. The molecule has 0 aromatic heterocycles. The van der Waals surface area contributed by atoms with Crippen molar-refractivity contribution in [3.8, 4) is 0 Å². The lowest BCUT2D eigenvalue weighted by molar-refractivity contribution is -0.115. The summed E-state index contributed by atoms with van der Waals surface area (Å²) in [6.45, 7) is 2.31. The molecule has 2 aromatic carbocycles. The molecule has 0 amide bonds. The second-order valence-corrected chi connectivity index (χ2v) is 9.97. The number of Topliss-reactive ketones (excluding diaryl/α,β-unsaturated/α-hetero) is 2. The zero-order valence-electron chi connectivity index (χ0n) is 15.0. The van der Waals surface area contributed by atoms with Gasteiger partial charge in [0.25, 0.3) is 0 Å². The van der Waals surface area contributed by atoms with Gasteiger partial charge in [-0.1, -0.05) is 36.4 Å². The van der Waals surface area contributed by atoms with E-state index in [-0.39, 0.29) is 9.79 Å². The van der Waals surface area contributed by atoms with Crippen LogP contribution in [0.4, 0.5) is 0 Å². The van der Waals surface area contributed by atoms with Crippen LogP contribution in [-0.2, 0) is 29.3 Å². The van der Waals surface area contributed by atoms with Gasteiger partial charge in [-0.05, 0) is 38.1 Å². The summed E-state index contributed by atoms with van der Waals surface area (Å²) in [4.78, 5) is 24.1. The molecule has 0 saturated heterocycles. The van der Waals surface area contributed by atoms with Gasteiger partial charge in [-0.15, -0.1) is 0 Å². The van der Waals surface area contributed by atoms with E-state index in [9.17, 15) is 26.4 Å². The Morgan fingerprint density at radius 1 is 0.536 bits per heavy atom. The lowest BCUT2D eigenvalue weighted by atomic mass is 9.99. The van der Waals surface area contributed by atoms with Crippen molar-refractivity contribution in [1.82, 2.24) is 0 Å². The van der Waals surface area contributed by atoms with E-state index in [1.165, 1.54) is 48.5 Å². The van der Waals surface area contributed by atoms with Crippen molar-refractivity contribution in [3.63, 3.8) is 0 Å². The van der Waals surface area contributed by atoms with Crippen LogP contribution in [-0.4, -0.2) is 28.4 Å². The third-order valence-electron chi connectivity index (χ3n) is 4.42. The lowest BCUT2D eigenvalue weighted by Crippen LogP contribution is -2.29. The van der Waals surface area contributed by atoms with Crippen molar-refractivity contribution in [2.24, 2.45) is 0 Å². The second kappa shape index (κ2) is 6.96. The van der Waals surface area contributed by atoms with Crippen LogP contribution in [0, 0.1) is 0 Å². The molecule has 0 heterocycles. The topological polar surface area (TPSA) is 102 Å². The van der Waals surface area contributed by atoms with Gasteiger partial charge >= 0.3 is 0 Å². The molecule has 0 N–H and O–H groups in total.